The molecule has 2 aromatic heterocycles. The lowest BCUT2D eigenvalue weighted by molar-refractivity contribution is -0.00576. The zero-order chi connectivity index (χ0) is 18.3. The molecule has 2 atom stereocenters. The number of fused-ring (bicyclic) bond motifs is 1. The number of aromatic amines is 1. The van der Waals surface area contributed by atoms with Crippen LogP contribution in [0.1, 0.15) is 30.0 Å². The maximum absolute atomic E-state index is 12.6. The Morgan fingerprint density at radius 1 is 1.38 bits per heavy atom. The molecule has 4 rings (SSSR count). The maximum Gasteiger partial charge on any atom is 0.255 e. The molecule has 2 aromatic rings. The van der Waals surface area contributed by atoms with Crippen LogP contribution in [0.3, 0.4) is 0 Å². The van der Waals surface area contributed by atoms with Gasteiger partial charge in [-0.3, -0.25) is 14.7 Å². The molecule has 4 heterocycles. The van der Waals surface area contributed by atoms with Crippen LogP contribution in [0.15, 0.2) is 20.7 Å². The van der Waals surface area contributed by atoms with Crippen LogP contribution in [0, 0.1) is 0 Å². The lowest BCUT2D eigenvalue weighted by Crippen LogP contribution is -2.47. The number of anilines is 1. The lowest BCUT2D eigenvalue weighted by Gasteiger charge is -2.36. The predicted molar refractivity (Wildman–Crippen MR) is 107 cm³/mol. The van der Waals surface area contributed by atoms with Crippen LogP contribution in [0.2, 0.25) is 0 Å². The monoisotopic (exact) mass is 438 g/mol. The van der Waals surface area contributed by atoms with Gasteiger partial charge in [0.05, 0.1) is 17.9 Å². The van der Waals surface area contributed by atoms with Gasteiger partial charge >= 0.3 is 0 Å². The largest absolute Gasteiger partial charge is 0.372 e. The van der Waals surface area contributed by atoms with Crippen LogP contribution in [0.4, 0.5) is 5.95 Å². The molecule has 26 heavy (non-hydrogen) atoms. The minimum absolute atomic E-state index is 0.00955. The summed E-state index contributed by atoms with van der Waals surface area (Å²) in [4.78, 5) is 26.2. The number of aromatic nitrogens is 2. The summed E-state index contributed by atoms with van der Waals surface area (Å²) >= 11 is 5.27. The van der Waals surface area contributed by atoms with E-state index in [4.69, 9.17) is 9.72 Å². The van der Waals surface area contributed by atoms with Gasteiger partial charge in [0.15, 0.2) is 0 Å². The summed E-state index contributed by atoms with van der Waals surface area (Å²) in [6.07, 6.45) is 1.02. The molecular weight excluding hydrogens is 416 g/mol. The first-order chi connectivity index (χ1) is 12.5. The molecule has 0 spiro atoms. The van der Waals surface area contributed by atoms with Crippen molar-refractivity contribution < 1.29 is 4.74 Å². The Labute approximate surface area is 165 Å². The van der Waals surface area contributed by atoms with E-state index in [1.807, 2.05) is 0 Å². The highest BCUT2D eigenvalue weighted by atomic mass is 79.9. The van der Waals surface area contributed by atoms with E-state index in [0.717, 1.165) is 54.9 Å². The fraction of sp³-hybridized carbons (Fsp3) is 0.556. The summed E-state index contributed by atoms with van der Waals surface area (Å²) in [5.41, 5.74) is 1.76. The molecule has 8 heteroatoms. The third kappa shape index (κ3) is 3.88. The van der Waals surface area contributed by atoms with Crippen molar-refractivity contribution in [1.82, 2.24) is 14.9 Å². The Morgan fingerprint density at radius 2 is 2.15 bits per heavy atom. The van der Waals surface area contributed by atoms with E-state index in [0.29, 0.717) is 5.95 Å². The summed E-state index contributed by atoms with van der Waals surface area (Å²) in [6.45, 7) is 8.11. The number of hydrogen-bond acceptors (Lipinski definition) is 6. The Bertz CT molecular complexity index is 842. The van der Waals surface area contributed by atoms with Crippen molar-refractivity contribution in [1.29, 1.82) is 0 Å². The zero-order valence-corrected chi connectivity index (χ0v) is 17.4. The Kier molecular flexibility index (Phi) is 5.18. The van der Waals surface area contributed by atoms with Crippen molar-refractivity contribution >= 4 is 33.2 Å². The third-order valence-corrected chi connectivity index (χ3v) is 6.54. The fourth-order valence-electron chi connectivity index (χ4n) is 3.77. The SMILES string of the molecule is C[C@@H]1CN(c2nc3c(c(=O)[nH]2)CCN(Cc2cc(Br)cs2)C3)C[C@H](C)O1. The molecule has 2 aliphatic heterocycles. The van der Waals surface area contributed by atoms with Crippen molar-refractivity contribution in [2.24, 2.45) is 0 Å². The smallest absolute Gasteiger partial charge is 0.255 e. The molecule has 0 saturated carbocycles. The minimum atomic E-state index is 0.00955. The number of H-pyrrole nitrogens is 1. The van der Waals surface area contributed by atoms with Gasteiger partial charge in [0.2, 0.25) is 5.95 Å². The molecule has 0 radical (unpaired) electrons. The van der Waals surface area contributed by atoms with Crippen LogP contribution in [0.5, 0.6) is 0 Å². The summed E-state index contributed by atoms with van der Waals surface area (Å²) in [5.74, 6) is 0.677. The number of morpholine rings is 1. The van der Waals surface area contributed by atoms with Crippen LogP contribution in [-0.2, 0) is 24.2 Å². The van der Waals surface area contributed by atoms with Gasteiger partial charge in [-0.05, 0) is 42.3 Å². The van der Waals surface area contributed by atoms with Crippen molar-refractivity contribution in [2.45, 2.75) is 45.6 Å². The van der Waals surface area contributed by atoms with Gasteiger partial charge < -0.3 is 9.64 Å². The van der Waals surface area contributed by atoms with E-state index in [1.165, 1.54) is 4.88 Å². The maximum atomic E-state index is 12.6. The van der Waals surface area contributed by atoms with Crippen molar-refractivity contribution in [3.05, 3.63) is 42.4 Å². The number of nitrogens with one attached hydrogen (secondary N) is 1. The molecule has 0 unspecified atom stereocenters. The number of rotatable bonds is 3. The molecule has 1 saturated heterocycles. The molecule has 1 N–H and O–H groups in total. The van der Waals surface area contributed by atoms with Crippen molar-refractivity contribution in [2.75, 3.05) is 24.5 Å². The zero-order valence-electron chi connectivity index (χ0n) is 15.0. The standard InChI is InChI=1S/C18H23BrN4O2S/c1-11-6-23(7-12(2)25-11)18-20-16-9-22(4-3-15(16)17(24)21-18)8-14-5-13(19)10-26-14/h5,10-12H,3-4,6-9H2,1-2H3,(H,20,21,24)/t11-,12+. The molecule has 6 nitrogen and oxygen atoms in total. The van der Waals surface area contributed by atoms with E-state index in [-0.39, 0.29) is 17.8 Å². The number of thiophene rings is 1. The molecular formula is C18H23BrN4O2S. The molecule has 2 aliphatic rings. The van der Waals surface area contributed by atoms with Gasteiger partial charge in [0.25, 0.3) is 5.56 Å². The molecule has 0 aromatic carbocycles. The molecule has 0 aliphatic carbocycles. The highest BCUT2D eigenvalue weighted by molar-refractivity contribution is 9.10. The van der Waals surface area contributed by atoms with Crippen LogP contribution in [-0.4, -0.2) is 46.7 Å². The second-order valence-corrected chi connectivity index (χ2v) is 9.08. The molecule has 0 amide bonds. The second kappa shape index (κ2) is 7.42. The van der Waals surface area contributed by atoms with E-state index >= 15 is 0 Å². The van der Waals surface area contributed by atoms with Gasteiger partial charge in [0, 0.05) is 53.0 Å². The topological polar surface area (TPSA) is 61.5 Å². The Morgan fingerprint density at radius 3 is 2.85 bits per heavy atom. The molecule has 0 bridgehead atoms. The van der Waals surface area contributed by atoms with Gasteiger partial charge in [0.1, 0.15) is 0 Å². The van der Waals surface area contributed by atoms with E-state index in [9.17, 15) is 4.79 Å². The number of hydrogen-bond donors (Lipinski definition) is 1. The first-order valence-corrected chi connectivity index (χ1v) is 10.6. The Hall–Kier alpha value is -1.22. The highest BCUT2D eigenvalue weighted by Crippen LogP contribution is 2.24. The first-order valence-electron chi connectivity index (χ1n) is 8.95. The number of ether oxygens (including phenoxy) is 1. The lowest BCUT2D eigenvalue weighted by atomic mass is 10.1. The number of nitrogens with zero attached hydrogens (tertiary/aromatic N) is 3. The third-order valence-electron chi connectivity index (χ3n) is 4.86. The average molecular weight is 439 g/mol. The predicted octanol–water partition coefficient (Wildman–Crippen LogP) is 2.77. The van der Waals surface area contributed by atoms with E-state index < -0.39 is 0 Å². The fourth-order valence-corrected chi connectivity index (χ4v) is 5.27. The van der Waals surface area contributed by atoms with Gasteiger partial charge in [-0.25, -0.2) is 4.98 Å². The van der Waals surface area contributed by atoms with Crippen molar-refractivity contribution in [3.8, 4) is 0 Å². The van der Waals surface area contributed by atoms with E-state index in [1.54, 1.807) is 11.3 Å². The summed E-state index contributed by atoms with van der Waals surface area (Å²) in [6, 6.07) is 2.16. The quantitative estimate of drug-likeness (QED) is 0.797. The molecule has 1 fully saturated rings. The first kappa shape index (κ1) is 18.2. The second-order valence-electron chi connectivity index (χ2n) is 7.17. The van der Waals surface area contributed by atoms with Gasteiger partial charge in [-0.1, -0.05) is 0 Å². The summed E-state index contributed by atoms with van der Waals surface area (Å²) in [5, 5.41) is 2.11. The summed E-state index contributed by atoms with van der Waals surface area (Å²) in [7, 11) is 0. The number of halogens is 1. The van der Waals surface area contributed by atoms with Crippen LogP contribution in [0.25, 0.3) is 0 Å². The highest BCUT2D eigenvalue weighted by Gasteiger charge is 2.27. The van der Waals surface area contributed by atoms with Gasteiger partial charge in [-0.2, -0.15) is 0 Å². The van der Waals surface area contributed by atoms with Crippen molar-refractivity contribution in [3.63, 3.8) is 0 Å². The average Bonchev–Trinajstić information content (AvgIpc) is 2.98. The van der Waals surface area contributed by atoms with E-state index in [2.05, 4.69) is 56.0 Å². The Balaban J connectivity index is 1.55. The summed E-state index contributed by atoms with van der Waals surface area (Å²) < 4.78 is 6.92. The van der Waals surface area contributed by atoms with Gasteiger partial charge in [-0.15, -0.1) is 11.3 Å². The minimum Gasteiger partial charge on any atom is -0.372 e. The molecule has 140 valence electrons. The van der Waals surface area contributed by atoms with Crippen LogP contribution >= 0.6 is 27.3 Å². The normalized spacial score (nSPS) is 23.9. The van der Waals surface area contributed by atoms with Crippen LogP contribution < -0.4 is 10.5 Å².